The molecule has 74 valence electrons. The smallest absolute Gasteiger partial charge is 0.118 e. The van der Waals surface area contributed by atoms with E-state index in [0.717, 1.165) is 15.7 Å². The van der Waals surface area contributed by atoms with Gasteiger partial charge in [-0.1, -0.05) is 11.6 Å². The second-order valence-corrected chi connectivity index (χ2v) is 5.39. The Bertz CT molecular complexity index is 397. The Labute approximate surface area is 94.6 Å². The van der Waals surface area contributed by atoms with Crippen LogP contribution in [0.1, 0.15) is 21.8 Å². The number of nitrogens with zero attached hydrogens (tertiary/aromatic N) is 2. The van der Waals surface area contributed by atoms with Crippen molar-refractivity contribution in [3.05, 3.63) is 31.6 Å². The summed E-state index contributed by atoms with van der Waals surface area (Å²) in [5, 5.41) is 3.67. The van der Waals surface area contributed by atoms with E-state index in [4.69, 9.17) is 17.3 Å². The molecule has 1 unspecified atom stereocenters. The van der Waals surface area contributed by atoms with Crippen LogP contribution in [0.3, 0.4) is 0 Å². The molecule has 0 saturated heterocycles. The molecule has 0 spiro atoms. The van der Waals surface area contributed by atoms with Crippen molar-refractivity contribution >= 4 is 34.3 Å². The Morgan fingerprint density at radius 1 is 1.50 bits per heavy atom. The molecule has 0 radical (unpaired) electrons. The normalized spacial score (nSPS) is 13.1. The van der Waals surface area contributed by atoms with Gasteiger partial charge in [-0.2, -0.15) is 0 Å². The molecule has 14 heavy (non-hydrogen) atoms. The summed E-state index contributed by atoms with van der Waals surface area (Å²) in [5.74, 6) is 0. The molecule has 3 nitrogen and oxygen atoms in total. The minimum absolute atomic E-state index is 0.244. The first kappa shape index (κ1) is 10.0. The van der Waals surface area contributed by atoms with Crippen LogP contribution >= 0.6 is 34.3 Å². The summed E-state index contributed by atoms with van der Waals surface area (Å²) in [7, 11) is 0. The molecule has 2 rings (SSSR count). The maximum absolute atomic E-state index is 5.98. The first-order chi connectivity index (χ1) is 6.66. The standard InChI is InChI=1S/C8H8ClN3S2/c1-4-3-13-8(12-4)6(10)7-11-2-5(9)14-7/h2-3,6H,10H2,1H3. The maximum Gasteiger partial charge on any atom is 0.118 e. The Morgan fingerprint density at radius 3 is 2.79 bits per heavy atom. The highest BCUT2D eigenvalue weighted by atomic mass is 35.5. The number of hydrogen-bond acceptors (Lipinski definition) is 5. The lowest BCUT2D eigenvalue weighted by molar-refractivity contribution is 0.840. The predicted octanol–water partition coefficient (Wildman–Crippen LogP) is 2.61. The minimum Gasteiger partial charge on any atom is -0.316 e. The number of thiazole rings is 2. The Balaban J connectivity index is 2.28. The van der Waals surface area contributed by atoms with Gasteiger partial charge in [0.15, 0.2) is 0 Å². The van der Waals surface area contributed by atoms with Crippen LogP contribution in [-0.2, 0) is 0 Å². The largest absolute Gasteiger partial charge is 0.316 e. The van der Waals surface area contributed by atoms with Gasteiger partial charge in [0, 0.05) is 11.1 Å². The number of aryl methyl sites for hydroxylation is 1. The van der Waals surface area contributed by atoms with Gasteiger partial charge in [-0.25, -0.2) is 9.97 Å². The van der Waals surface area contributed by atoms with E-state index in [1.807, 2.05) is 12.3 Å². The van der Waals surface area contributed by atoms with Gasteiger partial charge in [0.1, 0.15) is 20.4 Å². The van der Waals surface area contributed by atoms with E-state index in [-0.39, 0.29) is 6.04 Å². The minimum atomic E-state index is -0.244. The zero-order valence-electron chi connectivity index (χ0n) is 7.40. The SMILES string of the molecule is Cc1csc(C(N)c2ncc(Cl)s2)n1. The molecule has 1 atom stereocenters. The third-order valence-corrected chi connectivity index (χ3v) is 3.91. The predicted molar refractivity (Wildman–Crippen MR) is 60.0 cm³/mol. The van der Waals surface area contributed by atoms with Crippen molar-refractivity contribution in [3.8, 4) is 0 Å². The molecule has 6 heteroatoms. The molecule has 0 aromatic carbocycles. The van der Waals surface area contributed by atoms with Gasteiger partial charge in [-0.3, -0.25) is 0 Å². The third-order valence-electron chi connectivity index (χ3n) is 1.66. The Hall–Kier alpha value is -0.490. The molecule has 2 heterocycles. The van der Waals surface area contributed by atoms with Crippen LogP contribution in [0.4, 0.5) is 0 Å². The van der Waals surface area contributed by atoms with Gasteiger partial charge in [0.05, 0.1) is 6.20 Å². The molecule has 0 amide bonds. The van der Waals surface area contributed by atoms with Crippen molar-refractivity contribution in [1.29, 1.82) is 0 Å². The summed E-state index contributed by atoms with van der Waals surface area (Å²) in [6.07, 6.45) is 1.61. The highest BCUT2D eigenvalue weighted by Crippen LogP contribution is 2.28. The first-order valence-electron chi connectivity index (χ1n) is 3.95. The van der Waals surface area contributed by atoms with Gasteiger partial charge in [-0.05, 0) is 6.92 Å². The lowest BCUT2D eigenvalue weighted by Gasteiger charge is -2.02. The molecule has 2 N–H and O–H groups in total. The molecule has 2 aromatic heterocycles. The summed E-state index contributed by atoms with van der Waals surface area (Å²) in [5.41, 5.74) is 6.97. The monoisotopic (exact) mass is 245 g/mol. The fourth-order valence-corrected chi connectivity index (χ4v) is 2.84. The highest BCUT2D eigenvalue weighted by Gasteiger charge is 2.15. The summed E-state index contributed by atoms with van der Waals surface area (Å²) < 4.78 is 0.656. The van der Waals surface area contributed by atoms with Crippen molar-refractivity contribution in [1.82, 2.24) is 9.97 Å². The number of hydrogen-bond donors (Lipinski definition) is 1. The zero-order chi connectivity index (χ0) is 10.1. The van der Waals surface area contributed by atoms with Crippen molar-refractivity contribution in [3.63, 3.8) is 0 Å². The second-order valence-electron chi connectivity index (χ2n) is 2.81. The fraction of sp³-hybridized carbons (Fsp3) is 0.250. The molecule has 0 fully saturated rings. The van der Waals surface area contributed by atoms with Crippen LogP contribution in [-0.4, -0.2) is 9.97 Å². The zero-order valence-corrected chi connectivity index (χ0v) is 9.79. The quantitative estimate of drug-likeness (QED) is 0.885. The molecule has 0 bridgehead atoms. The van der Waals surface area contributed by atoms with Crippen LogP contribution in [0.25, 0.3) is 0 Å². The van der Waals surface area contributed by atoms with E-state index < -0.39 is 0 Å². The van der Waals surface area contributed by atoms with E-state index in [1.165, 1.54) is 11.3 Å². The molecular formula is C8H8ClN3S2. The Kier molecular flexibility index (Phi) is 2.83. The lowest BCUT2D eigenvalue weighted by Crippen LogP contribution is -2.10. The van der Waals surface area contributed by atoms with Crippen molar-refractivity contribution in [2.75, 3.05) is 0 Å². The highest BCUT2D eigenvalue weighted by molar-refractivity contribution is 7.16. The van der Waals surface area contributed by atoms with E-state index in [2.05, 4.69) is 9.97 Å². The number of rotatable bonds is 2. The first-order valence-corrected chi connectivity index (χ1v) is 6.03. The summed E-state index contributed by atoms with van der Waals surface area (Å²) in [6, 6.07) is -0.244. The van der Waals surface area contributed by atoms with Gasteiger partial charge in [0.2, 0.25) is 0 Å². The molecule has 0 saturated carbocycles. The van der Waals surface area contributed by atoms with Crippen molar-refractivity contribution in [2.45, 2.75) is 13.0 Å². The molecule has 0 aliphatic rings. The van der Waals surface area contributed by atoms with Crippen LogP contribution in [0.15, 0.2) is 11.6 Å². The van der Waals surface area contributed by atoms with Crippen LogP contribution in [0.2, 0.25) is 4.34 Å². The number of nitrogens with two attached hydrogens (primary N) is 1. The van der Waals surface area contributed by atoms with Crippen molar-refractivity contribution in [2.24, 2.45) is 5.73 Å². The van der Waals surface area contributed by atoms with E-state index >= 15 is 0 Å². The van der Waals surface area contributed by atoms with Crippen LogP contribution in [0.5, 0.6) is 0 Å². The summed E-state index contributed by atoms with van der Waals surface area (Å²) in [6.45, 7) is 1.95. The third kappa shape index (κ3) is 1.95. The van der Waals surface area contributed by atoms with Crippen LogP contribution in [0, 0.1) is 6.92 Å². The fourth-order valence-electron chi connectivity index (χ4n) is 1.03. The lowest BCUT2D eigenvalue weighted by atomic mass is 10.3. The van der Waals surface area contributed by atoms with Gasteiger partial charge < -0.3 is 5.73 Å². The second kappa shape index (κ2) is 3.94. The molecule has 2 aromatic rings. The maximum atomic E-state index is 5.98. The average Bonchev–Trinajstić information content (AvgIpc) is 2.73. The molecule has 0 aliphatic carbocycles. The van der Waals surface area contributed by atoms with E-state index in [9.17, 15) is 0 Å². The van der Waals surface area contributed by atoms with E-state index in [0.29, 0.717) is 4.34 Å². The number of aromatic nitrogens is 2. The van der Waals surface area contributed by atoms with Crippen molar-refractivity contribution < 1.29 is 0 Å². The van der Waals surface area contributed by atoms with Gasteiger partial charge in [-0.15, -0.1) is 22.7 Å². The van der Waals surface area contributed by atoms with E-state index in [1.54, 1.807) is 17.5 Å². The summed E-state index contributed by atoms with van der Waals surface area (Å²) in [4.78, 5) is 8.44. The molecular weight excluding hydrogens is 238 g/mol. The number of halogens is 1. The summed E-state index contributed by atoms with van der Waals surface area (Å²) >= 11 is 8.73. The Morgan fingerprint density at radius 2 is 2.29 bits per heavy atom. The van der Waals surface area contributed by atoms with Crippen LogP contribution < -0.4 is 5.73 Å². The molecule has 0 aliphatic heterocycles. The average molecular weight is 246 g/mol. The van der Waals surface area contributed by atoms with Gasteiger partial charge in [0.25, 0.3) is 0 Å². The topological polar surface area (TPSA) is 51.8 Å². The van der Waals surface area contributed by atoms with Gasteiger partial charge >= 0.3 is 0 Å².